The lowest BCUT2D eigenvalue weighted by Crippen LogP contribution is -2.34. The van der Waals surface area contributed by atoms with E-state index in [1.54, 1.807) is 0 Å². The number of sulfonamides is 1. The fourth-order valence-corrected chi connectivity index (χ4v) is 5.20. The van der Waals surface area contributed by atoms with Crippen LogP contribution in [-0.2, 0) is 10.0 Å². The van der Waals surface area contributed by atoms with E-state index in [2.05, 4.69) is 4.72 Å². The number of nitrogens with one attached hydrogen (secondary N) is 1. The van der Waals surface area contributed by atoms with Crippen molar-refractivity contribution in [3.8, 4) is 0 Å². The molecule has 2 saturated carbocycles. The summed E-state index contributed by atoms with van der Waals surface area (Å²) in [6.07, 6.45) is 8.03. The summed E-state index contributed by atoms with van der Waals surface area (Å²) in [7, 11) is -3.18. The molecule has 0 saturated heterocycles. The van der Waals surface area contributed by atoms with Crippen LogP contribution in [0.3, 0.4) is 0 Å². The van der Waals surface area contributed by atoms with Crippen LogP contribution in [0.5, 0.6) is 0 Å². The molecule has 1 N–H and O–H groups in total. The van der Waals surface area contributed by atoms with Crippen molar-refractivity contribution in [2.45, 2.75) is 51.0 Å². The zero-order valence-electron chi connectivity index (χ0n) is 12.5. The van der Waals surface area contributed by atoms with E-state index in [0.717, 1.165) is 31.2 Å². The van der Waals surface area contributed by atoms with Gasteiger partial charge in [0.2, 0.25) is 10.0 Å². The van der Waals surface area contributed by atoms with Crippen molar-refractivity contribution in [1.29, 1.82) is 0 Å². The highest BCUT2D eigenvalue weighted by Gasteiger charge is 2.35. The van der Waals surface area contributed by atoms with Crippen molar-refractivity contribution in [3.63, 3.8) is 0 Å². The summed E-state index contributed by atoms with van der Waals surface area (Å²) in [5, 5.41) is 0. The summed E-state index contributed by atoms with van der Waals surface area (Å²) in [5.74, 6) is 1.14. The van der Waals surface area contributed by atoms with Crippen LogP contribution in [0.15, 0.2) is 30.3 Å². The predicted molar refractivity (Wildman–Crippen MR) is 85.4 cm³/mol. The monoisotopic (exact) mass is 307 g/mol. The topological polar surface area (TPSA) is 46.2 Å². The third-order valence-electron chi connectivity index (χ3n) is 4.74. The molecule has 3 nitrogen and oxygen atoms in total. The Morgan fingerprint density at radius 3 is 2.29 bits per heavy atom. The van der Waals surface area contributed by atoms with Crippen molar-refractivity contribution in [1.82, 2.24) is 4.72 Å². The van der Waals surface area contributed by atoms with E-state index in [4.69, 9.17) is 0 Å². The molecule has 1 aromatic carbocycles. The van der Waals surface area contributed by atoms with Gasteiger partial charge in [-0.05, 0) is 43.1 Å². The van der Waals surface area contributed by atoms with Gasteiger partial charge in [-0.3, -0.25) is 0 Å². The molecule has 0 aromatic heterocycles. The maximum Gasteiger partial charge on any atom is 0.212 e. The maximum atomic E-state index is 12.5. The van der Waals surface area contributed by atoms with Gasteiger partial charge in [0.1, 0.15) is 0 Å². The number of hydrogen-bond acceptors (Lipinski definition) is 2. The molecule has 0 heterocycles. The Morgan fingerprint density at radius 1 is 1.00 bits per heavy atom. The SMILES string of the molecule is O=S(=O)(CC1CCCCC1)N[C@@H](c1ccccc1)C1CC1. The normalized spacial score (nSPS) is 22.1. The Kier molecular flexibility index (Phi) is 4.65. The average Bonchev–Trinajstić information content (AvgIpc) is 3.31. The molecule has 2 aliphatic carbocycles. The van der Waals surface area contributed by atoms with Crippen molar-refractivity contribution < 1.29 is 8.42 Å². The summed E-state index contributed by atoms with van der Waals surface area (Å²) in [6, 6.07) is 9.99. The first-order valence-electron chi connectivity index (χ1n) is 8.19. The molecule has 0 unspecified atom stereocenters. The Balaban J connectivity index is 1.67. The zero-order chi connectivity index (χ0) is 14.7. The van der Waals surface area contributed by atoms with Crippen LogP contribution in [0.2, 0.25) is 0 Å². The minimum absolute atomic E-state index is 0.0280. The van der Waals surface area contributed by atoms with E-state index < -0.39 is 10.0 Å². The molecule has 0 aliphatic heterocycles. The van der Waals surface area contributed by atoms with Crippen molar-refractivity contribution in [2.75, 3.05) is 5.75 Å². The smallest absolute Gasteiger partial charge is 0.212 e. The van der Waals surface area contributed by atoms with Gasteiger partial charge in [0.15, 0.2) is 0 Å². The highest BCUT2D eigenvalue weighted by molar-refractivity contribution is 7.89. The van der Waals surface area contributed by atoms with Gasteiger partial charge >= 0.3 is 0 Å². The van der Waals surface area contributed by atoms with Gasteiger partial charge in [0, 0.05) is 6.04 Å². The quantitative estimate of drug-likeness (QED) is 0.872. The van der Waals surface area contributed by atoms with E-state index >= 15 is 0 Å². The number of hydrogen-bond donors (Lipinski definition) is 1. The summed E-state index contributed by atoms with van der Waals surface area (Å²) < 4.78 is 28.0. The Morgan fingerprint density at radius 2 is 1.67 bits per heavy atom. The first-order chi connectivity index (χ1) is 10.1. The molecule has 4 heteroatoms. The van der Waals surface area contributed by atoms with Gasteiger partial charge in [-0.15, -0.1) is 0 Å². The summed E-state index contributed by atoms with van der Waals surface area (Å²) in [6.45, 7) is 0. The van der Waals surface area contributed by atoms with Crippen LogP contribution in [0.4, 0.5) is 0 Å². The van der Waals surface area contributed by atoms with Crippen molar-refractivity contribution in [2.24, 2.45) is 11.8 Å². The van der Waals surface area contributed by atoms with Gasteiger partial charge in [-0.1, -0.05) is 49.6 Å². The first-order valence-corrected chi connectivity index (χ1v) is 9.84. The Hall–Kier alpha value is -0.870. The molecular formula is C17H25NO2S. The van der Waals surface area contributed by atoms with E-state index in [1.807, 2.05) is 30.3 Å². The van der Waals surface area contributed by atoms with E-state index in [0.29, 0.717) is 17.6 Å². The fraction of sp³-hybridized carbons (Fsp3) is 0.647. The molecule has 21 heavy (non-hydrogen) atoms. The van der Waals surface area contributed by atoms with Crippen LogP contribution in [0.1, 0.15) is 56.6 Å². The molecule has 0 radical (unpaired) electrons. The molecule has 2 fully saturated rings. The molecule has 0 amide bonds. The van der Waals surface area contributed by atoms with Gasteiger partial charge in [-0.25, -0.2) is 13.1 Å². The van der Waals surface area contributed by atoms with Crippen LogP contribution >= 0.6 is 0 Å². The van der Waals surface area contributed by atoms with Crippen molar-refractivity contribution in [3.05, 3.63) is 35.9 Å². The average molecular weight is 307 g/mol. The van der Waals surface area contributed by atoms with E-state index in [1.165, 1.54) is 19.3 Å². The third kappa shape index (κ3) is 4.30. The van der Waals surface area contributed by atoms with E-state index in [-0.39, 0.29) is 6.04 Å². The number of benzene rings is 1. The van der Waals surface area contributed by atoms with Crippen LogP contribution in [0.25, 0.3) is 0 Å². The molecular weight excluding hydrogens is 282 g/mol. The minimum Gasteiger partial charge on any atom is -0.212 e. The lowest BCUT2D eigenvalue weighted by atomic mass is 9.91. The van der Waals surface area contributed by atoms with Gasteiger partial charge in [-0.2, -0.15) is 0 Å². The lowest BCUT2D eigenvalue weighted by molar-refractivity contribution is 0.382. The minimum atomic E-state index is -3.18. The third-order valence-corrected chi connectivity index (χ3v) is 6.26. The van der Waals surface area contributed by atoms with Crippen molar-refractivity contribution >= 4 is 10.0 Å². The standard InChI is InChI=1S/C17H25NO2S/c19-21(20,13-14-7-3-1-4-8-14)18-17(16-11-12-16)15-9-5-2-6-10-15/h2,5-6,9-10,14,16-18H,1,3-4,7-8,11-13H2/t17-/m0/s1. The highest BCUT2D eigenvalue weighted by atomic mass is 32.2. The first kappa shape index (κ1) is 15.0. The summed E-state index contributed by atoms with van der Waals surface area (Å²) >= 11 is 0. The van der Waals surface area contributed by atoms with Gasteiger partial charge < -0.3 is 0 Å². The molecule has 1 aromatic rings. The largest absolute Gasteiger partial charge is 0.212 e. The van der Waals surface area contributed by atoms with E-state index in [9.17, 15) is 8.42 Å². The summed E-state index contributed by atoms with van der Waals surface area (Å²) in [4.78, 5) is 0. The highest BCUT2D eigenvalue weighted by Crippen LogP contribution is 2.41. The lowest BCUT2D eigenvalue weighted by Gasteiger charge is -2.24. The molecule has 116 valence electrons. The number of rotatable bonds is 6. The molecule has 3 rings (SSSR count). The second-order valence-electron chi connectivity index (χ2n) is 6.63. The Labute approximate surface area is 128 Å². The zero-order valence-corrected chi connectivity index (χ0v) is 13.3. The van der Waals surface area contributed by atoms with Crippen LogP contribution in [0, 0.1) is 11.8 Å². The second kappa shape index (κ2) is 6.49. The molecule has 0 bridgehead atoms. The maximum absolute atomic E-state index is 12.5. The second-order valence-corrected chi connectivity index (χ2v) is 8.43. The predicted octanol–water partition coefficient (Wildman–Crippen LogP) is 3.64. The van der Waals surface area contributed by atoms with Crippen LogP contribution < -0.4 is 4.72 Å². The molecule has 1 atom stereocenters. The Bertz CT molecular complexity index is 545. The van der Waals surface area contributed by atoms with Gasteiger partial charge in [0.25, 0.3) is 0 Å². The summed E-state index contributed by atoms with van der Waals surface area (Å²) in [5.41, 5.74) is 1.10. The molecule has 2 aliphatic rings. The molecule has 0 spiro atoms. The van der Waals surface area contributed by atoms with Crippen LogP contribution in [-0.4, -0.2) is 14.2 Å². The van der Waals surface area contributed by atoms with Gasteiger partial charge in [0.05, 0.1) is 5.75 Å². The fourth-order valence-electron chi connectivity index (χ4n) is 3.43.